The molecule has 0 bridgehead atoms. The van der Waals surface area contributed by atoms with E-state index in [0.29, 0.717) is 24.9 Å². The largest absolute Gasteiger partial charge is 0.387 e. The van der Waals surface area contributed by atoms with Crippen LogP contribution in [0.25, 0.3) is 0 Å². The van der Waals surface area contributed by atoms with Gasteiger partial charge in [0.1, 0.15) is 5.71 Å². The zero-order valence-corrected chi connectivity index (χ0v) is 11.4. The molecular weight excluding hydrogens is 233 g/mol. The Morgan fingerprint density at radius 3 is 2.44 bits per heavy atom. The van der Waals surface area contributed by atoms with Gasteiger partial charge >= 0.3 is 0 Å². The summed E-state index contributed by atoms with van der Waals surface area (Å²) in [5.74, 6) is -0.433. The third kappa shape index (κ3) is 7.60. The van der Waals surface area contributed by atoms with Crippen LogP contribution in [0.4, 0.5) is 4.39 Å². The van der Waals surface area contributed by atoms with E-state index < -0.39 is 5.91 Å². The molecule has 0 rings (SSSR count). The van der Waals surface area contributed by atoms with Crippen LogP contribution >= 0.6 is 0 Å². The average molecular weight is 255 g/mol. The first-order valence-electron chi connectivity index (χ1n) is 5.89. The van der Waals surface area contributed by atoms with E-state index in [-0.39, 0.29) is 11.3 Å². The molecule has 1 amide bonds. The zero-order valence-electron chi connectivity index (χ0n) is 11.4. The summed E-state index contributed by atoms with van der Waals surface area (Å²) in [6, 6.07) is 0. The normalized spacial score (nSPS) is 12.6. The van der Waals surface area contributed by atoms with Crippen LogP contribution in [0.2, 0.25) is 0 Å². The minimum absolute atomic E-state index is 0.139. The van der Waals surface area contributed by atoms with Gasteiger partial charge in [-0.15, -0.1) is 0 Å². The van der Waals surface area contributed by atoms with Crippen LogP contribution in [-0.2, 0) is 4.79 Å². The zero-order chi connectivity index (χ0) is 14.2. The first-order valence-corrected chi connectivity index (χ1v) is 5.89. The van der Waals surface area contributed by atoms with Gasteiger partial charge in [0.2, 0.25) is 0 Å². The van der Waals surface area contributed by atoms with E-state index in [2.05, 4.69) is 10.6 Å². The topological polar surface area (TPSA) is 65.0 Å². The quantitative estimate of drug-likeness (QED) is 0.637. The fraction of sp³-hybridized carbons (Fsp3) is 0.538. The third-order valence-electron chi connectivity index (χ3n) is 2.04. The maximum atomic E-state index is 12.2. The SMILES string of the molecule is CC/C(=C\F)CN/C=C\C(=N)C(=O)NC(C)(C)C. The molecule has 18 heavy (non-hydrogen) atoms. The lowest BCUT2D eigenvalue weighted by Gasteiger charge is -2.19. The van der Waals surface area contributed by atoms with Crippen molar-refractivity contribution in [2.24, 2.45) is 0 Å². The predicted molar refractivity (Wildman–Crippen MR) is 72.2 cm³/mol. The van der Waals surface area contributed by atoms with Crippen molar-refractivity contribution in [1.29, 1.82) is 5.41 Å². The standard InChI is InChI=1S/C13H22FN3O/c1-5-10(8-14)9-16-7-6-11(15)12(18)17-13(2,3)4/h6-8,15-16H,5,9H2,1-4H3,(H,17,18)/b7-6-,10-8+,15-11?. The summed E-state index contributed by atoms with van der Waals surface area (Å²) in [5, 5.41) is 13.0. The molecule has 0 saturated carbocycles. The summed E-state index contributed by atoms with van der Waals surface area (Å²) < 4.78 is 12.2. The van der Waals surface area contributed by atoms with Crippen molar-refractivity contribution in [3.8, 4) is 0 Å². The summed E-state index contributed by atoms with van der Waals surface area (Å²) in [6.45, 7) is 7.77. The number of hydrogen-bond donors (Lipinski definition) is 3. The van der Waals surface area contributed by atoms with Gasteiger partial charge in [0.15, 0.2) is 0 Å². The molecule has 0 unspecified atom stereocenters. The van der Waals surface area contributed by atoms with Crippen LogP contribution in [0.15, 0.2) is 24.2 Å². The van der Waals surface area contributed by atoms with Gasteiger partial charge in [0.25, 0.3) is 5.91 Å². The van der Waals surface area contributed by atoms with E-state index in [9.17, 15) is 9.18 Å². The molecule has 0 aromatic heterocycles. The maximum Gasteiger partial charge on any atom is 0.269 e. The predicted octanol–water partition coefficient (Wildman–Crippen LogP) is 2.29. The lowest BCUT2D eigenvalue weighted by atomic mass is 10.1. The lowest BCUT2D eigenvalue weighted by Crippen LogP contribution is -2.43. The third-order valence-corrected chi connectivity index (χ3v) is 2.04. The fourth-order valence-corrected chi connectivity index (χ4v) is 1.06. The summed E-state index contributed by atoms with van der Waals surface area (Å²) in [6.07, 6.45) is 4.02. The van der Waals surface area contributed by atoms with E-state index >= 15 is 0 Å². The van der Waals surface area contributed by atoms with Crippen LogP contribution in [-0.4, -0.2) is 23.7 Å². The summed E-state index contributed by atoms with van der Waals surface area (Å²) in [4.78, 5) is 11.5. The highest BCUT2D eigenvalue weighted by Crippen LogP contribution is 1.99. The molecule has 0 radical (unpaired) electrons. The Hall–Kier alpha value is -1.65. The van der Waals surface area contributed by atoms with E-state index in [1.807, 2.05) is 27.7 Å². The summed E-state index contributed by atoms with van der Waals surface area (Å²) >= 11 is 0. The number of rotatable bonds is 6. The molecular formula is C13H22FN3O. The van der Waals surface area contributed by atoms with Crippen molar-refractivity contribution in [3.63, 3.8) is 0 Å². The Morgan fingerprint density at radius 2 is 2.00 bits per heavy atom. The van der Waals surface area contributed by atoms with Crippen molar-refractivity contribution in [3.05, 3.63) is 24.2 Å². The van der Waals surface area contributed by atoms with Gasteiger partial charge in [0, 0.05) is 12.1 Å². The molecule has 0 aliphatic carbocycles. The molecule has 0 aliphatic heterocycles. The Kier molecular flexibility index (Phi) is 6.93. The van der Waals surface area contributed by atoms with Gasteiger partial charge < -0.3 is 10.6 Å². The van der Waals surface area contributed by atoms with Crippen molar-refractivity contribution in [1.82, 2.24) is 10.6 Å². The summed E-state index contributed by atoms with van der Waals surface area (Å²) in [5.41, 5.74) is 0.127. The van der Waals surface area contributed by atoms with Crippen LogP contribution < -0.4 is 10.6 Å². The number of amides is 1. The van der Waals surface area contributed by atoms with E-state index in [0.717, 1.165) is 0 Å². The molecule has 0 spiro atoms. The second-order valence-corrected chi connectivity index (χ2v) is 4.95. The molecule has 0 heterocycles. The molecule has 102 valence electrons. The van der Waals surface area contributed by atoms with Crippen LogP contribution in [0, 0.1) is 5.41 Å². The van der Waals surface area contributed by atoms with Gasteiger partial charge in [-0.3, -0.25) is 10.2 Å². The number of carbonyl (C=O) groups excluding carboxylic acids is 1. The monoisotopic (exact) mass is 255 g/mol. The summed E-state index contributed by atoms with van der Waals surface area (Å²) in [7, 11) is 0. The minimum Gasteiger partial charge on any atom is -0.387 e. The molecule has 5 heteroatoms. The molecule has 0 saturated heterocycles. The van der Waals surface area contributed by atoms with Crippen molar-refractivity contribution in [2.45, 2.75) is 39.7 Å². The van der Waals surface area contributed by atoms with Gasteiger partial charge in [-0.05, 0) is 45.0 Å². The Bertz CT molecular complexity index is 354. The van der Waals surface area contributed by atoms with Crippen molar-refractivity contribution in [2.75, 3.05) is 6.54 Å². The van der Waals surface area contributed by atoms with E-state index in [1.165, 1.54) is 12.3 Å². The van der Waals surface area contributed by atoms with Gasteiger partial charge in [0.05, 0.1) is 6.33 Å². The van der Waals surface area contributed by atoms with E-state index in [4.69, 9.17) is 5.41 Å². The number of halogens is 1. The van der Waals surface area contributed by atoms with Crippen molar-refractivity contribution < 1.29 is 9.18 Å². The highest BCUT2D eigenvalue weighted by Gasteiger charge is 2.15. The van der Waals surface area contributed by atoms with Gasteiger partial charge in [-0.2, -0.15) is 0 Å². The Labute approximate surface area is 108 Å². The average Bonchev–Trinajstić information content (AvgIpc) is 2.26. The van der Waals surface area contributed by atoms with Gasteiger partial charge in [-0.1, -0.05) is 6.92 Å². The maximum absolute atomic E-state index is 12.2. The molecule has 0 fully saturated rings. The van der Waals surface area contributed by atoms with Crippen molar-refractivity contribution >= 4 is 11.6 Å². The Balaban J connectivity index is 4.13. The number of nitrogens with one attached hydrogen (secondary N) is 3. The lowest BCUT2D eigenvalue weighted by molar-refractivity contribution is -0.116. The highest BCUT2D eigenvalue weighted by molar-refractivity contribution is 6.42. The molecule has 3 N–H and O–H groups in total. The smallest absolute Gasteiger partial charge is 0.269 e. The second kappa shape index (κ2) is 7.63. The fourth-order valence-electron chi connectivity index (χ4n) is 1.06. The second-order valence-electron chi connectivity index (χ2n) is 4.95. The molecule has 4 nitrogen and oxygen atoms in total. The van der Waals surface area contributed by atoms with Crippen LogP contribution in [0.3, 0.4) is 0 Å². The molecule has 0 aliphatic rings. The minimum atomic E-state index is -0.433. The van der Waals surface area contributed by atoms with E-state index in [1.54, 1.807) is 0 Å². The molecule has 0 aromatic carbocycles. The number of carbonyl (C=O) groups is 1. The Morgan fingerprint density at radius 1 is 1.39 bits per heavy atom. The molecule has 0 atom stereocenters. The number of hydrogen-bond acceptors (Lipinski definition) is 3. The van der Waals surface area contributed by atoms with Crippen LogP contribution in [0.5, 0.6) is 0 Å². The first kappa shape index (κ1) is 16.4. The van der Waals surface area contributed by atoms with Crippen LogP contribution in [0.1, 0.15) is 34.1 Å². The highest BCUT2D eigenvalue weighted by atomic mass is 19.1. The first-order chi connectivity index (χ1) is 8.30. The molecule has 0 aromatic rings. The van der Waals surface area contributed by atoms with Gasteiger partial charge in [-0.25, -0.2) is 4.39 Å².